The van der Waals surface area contributed by atoms with E-state index in [2.05, 4.69) is 15.0 Å². The second-order valence-corrected chi connectivity index (χ2v) is 4.98. The molecule has 1 fully saturated rings. The molecule has 0 bridgehead atoms. The maximum Gasteiger partial charge on any atom is 0.140 e. The van der Waals surface area contributed by atoms with Gasteiger partial charge in [0.2, 0.25) is 0 Å². The highest BCUT2D eigenvalue weighted by Gasteiger charge is 2.28. The summed E-state index contributed by atoms with van der Waals surface area (Å²) in [5.74, 6) is 0.301. The predicted molar refractivity (Wildman–Crippen MR) is 63.6 cm³/mol. The van der Waals surface area contributed by atoms with Crippen LogP contribution in [0.1, 0.15) is 24.1 Å². The topological polar surface area (TPSA) is 74.7 Å². The van der Waals surface area contributed by atoms with Crippen molar-refractivity contribution in [2.75, 3.05) is 6.54 Å². The van der Waals surface area contributed by atoms with Crippen molar-refractivity contribution in [1.82, 2.24) is 9.88 Å². The van der Waals surface area contributed by atoms with Crippen LogP contribution in [-0.4, -0.2) is 33.5 Å². The van der Waals surface area contributed by atoms with E-state index in [-0.39, 0.29) is 0 Å². The zero-order chi connectivity index (χ0) is 11.4. The number of oxime groups is 1. The van der Waals surface area contributed by atoms with Crippen LogP contribution in [0.5, 0.6) is 0 Å². The highest BCUT2D eigenvalue weighted by atomic mass is 32.1. The molecule has 88 valence electrons. The number of amidine groups is 1. The van der Waals surface area contributed by atoms with Gasteiger partial charge in [0.05, 0.1) is 5.51 Å². The molecule has 0 atom stereocenters. The Labute approximate surface area is 98.6 Å². The van der Waals surface area contributed by atoms with E-state index in [0.717, 1.165) is 13.1 Å². The summed E-state index contributed by atoms with van der Waals surface area (Å²) < 4.78 is 0. The minimum atomic E-state index is 0.301. The Morgan fingerprint density at radius 2 is 2.50 bits per heavy atom. The van der Waals surface area contributed by atoms with E-state index in [9.17, 15) is 0 Å². The lowest BCUT2D eigenvalue weighted by Crippen LogP contribution is -2.29. The summed E-state index contributed by atoms with van der Waals surface area (Å²) in [6.07, 6.45) is 5.04. The Morgan fingerprint density at radius 1 is 1.69 bits per heavy atom. The number of nitrogens with two attached hydrogens (primary N) is 1. The number of nitrogens with zero attached hydrogens (tertiary/aromatic N) is 3. The normalized spacial score (nSPS) is 16.9. The molecule has 1 saturated carbocycles. The highest BCUT2D eigenvalue weighted by Crippen LogP contribution is 2.28. The molecule has 0 saturated heterocycles. The minimum Gasteiger partial charge on any atom is -0.409 e. The van der Waals surface area contributed by atoms with Crippen molar-refractivity contribution in [2.45, 2.75) is 31.8 Å². The summed E-state index contributed by atoms with van der Waals surface area (Å²) in [4.78, 5) is 7.72. The molecule has 16 heavy (non-hydrogen) atoms. The van der Waals surface area contributed by atoms with Crippen molar-refractivity contribution < 1.29 is 5.21 Å². The Morgan fingerprint density at radius 3 is 3.06 bits per heavy atom. The number of rotatable bonds is 6. The van der Waals surface area contributed by atoms with E-state index in [0.29, 0.717) is 18.3 Å². The van der Waals surface area contributed by atoms with Gasteiger partial charge in [-0.05, 0) is 12.8 Å². The Balaban J connectivity index is 1.85. The van der Waals surface area contributed by atoms with Crippen LogP contribution in [-0.2, 0) is 6.54 Å². The van der Waals surface area contributed by atoms with Crippen molar-refractivity contribution in [3.63, 3.8) is 0 Å². The molecule has 1 aromatic rings. The largest absolute Gasteiger partial charge is 0.409 e. The number of thiazole rings is 1. The number of aromatic nitrogens is 1. The lowest BCUT2D eigenvalue weighted by Gasteiger charge is -2.20. The first-order valence-corrected chi connectivity index (χ1v) is 6.25. The quantitative estimate of drug-likeness (QED) is 0.339. The van der Waals surface area contributed by atoms with Gasteiger partial charge in [0, 0.05) is 36.6 Å². The summed E-state index contributed by atoms with van der Waals surface area (Å²) in [6, 6.07) is 0.675. The van der Waals surface area contributed by atoms with Crippen molar-refractivity contribution >= 4 is 17.2 Å². The third-order valence-corrected chi connectivity index (χ3v) is 3.45. The van der Waals surface area contributed by atoms with Crippen LogP contribution < -0.4 is 5.73 Å². The maximum atomic E-state index is 8.50. The fourth-order valence-corrected chi connectivity index (χ4v) is 2.28. The second kappa shape index (κ2) is 5.27. The van der Waals surface area contributed by atoms with E-state index in [1.54, 1.807) is 11.3 Å². The van der Waals surface area contributed by atoms with Gasteiger partial charge in [0.25, 0.3) is 0 Å². The molecule has 0 aliphatic heterocycles. The van der Waals surface area contributed by atoms with Crippen LogP contribution in [0.2, 0.25) is 0 Å². The van der Waals surface area contributed by atoms with Gasteiger partial charge in [-0.2, -0.15) is 0 Å². The Hall–Kier alpha value is -1.14. The number of hydrogen-bond acceptors (Lipinski definition) is 5. The van der Waals surface area contributed by atoms with Crippen LogP contribution in [0.15, 0.2) is 16.9 Å². The van der Waals surface area contributed by atoms with Gasteiger partial charge in [-0.15, -0.1) is 11.3 Å². The Bertz CT molecular complexity index is 348. The van der Waals surface area contributed by atoms with Crippen molar-refractivity contribution in [1.29, 1.82) is 0 Å². The molecule has 2 rings (SSSR count). The molecule has 6 heteroatoms. The van der Waals surface area contributed by atoms with Crippen LogP contribution in [0.3, 0.4) is 0 Å². The van der Waals surface area contributed by atoms with Crippen molar-refractivity contribution in [2.24, 2.45) is 10.9 Å². The molecule has 1 aromatic heterocycles. The lowest BCUT2D eigenvalue weighted by molar-refractivity contribution is 0.261. The molecule has 1 aliphatic rings. The van der Waals surface area contributed by atoms with Crippen molar-refractivity contribution in [3.8, 4) is 0 Å². The number of hydrogen-bond donors (Lipinski definition) is 2. The van der Waals surface area contributed by atoms with Crippen molar-refractivity contribution in [3.05, 3.63) is 16.6 Å². The first-order valence-electron chi connectivity index (χ1n) is 5.37. The van der Waals surface area contributed by atoms with Gasteiger partial charge in [-0.25, -0.2) is 0 Å². The Kier molecular flexibility index (Phi) is 3.74. The van der Waals surface area contributed by atoms with Gasteiger partial charge in [0.1, 0.15) is 5.84 Å². The van der Waals surface area contributed by atoms with Gasteiger partial charge in [0.15, 0.2) is 0 Å². The summed E-state index contributed by atoms with van der Waals surface area (Å²) in [7, 11) is 0. The first-order chi connectivity index (χ1) is 7.79. The fourth-order valence-electron chi connectivity index (χ4n) is 1.66. The molecule has 0 amide bonds. The monoisotopic (exact) mass is 240 g/mol. The fraction of sp³-hybridized carbons (Fsp3) is 0.600. The summed E-state index contributed by atoms with van der Waals surface area (Å²) >= 11 is 1.67. The molecule has 5 nitrogen and oxygen atoms in total. The first kappa shape index (κ1) is 11.3. The smallest absolute Gasteiger partial charge is 0.140 e. The maximum absolute atomic E-state index is 8.50. The van der Waals surface area contributed by atoms with Gasteiger partial charge in [-0.1, -0.05) is 5.16 Å². The molecular formula is C10H16N4OS. The summed E-state index contributed by atoms with van der Waals surface area (Å²) in [5, 5.41) is 11.5. The zero-order valence-corrected chi connectivity index (χ0v) is 9.86. The summed E-state index contributed by atoms with van der Waals surface area (Å²) in [6.45, 7) is 1.77. The average Bonchev–Trinajstić information content (AvgIpc) is 3.02. The van der Waals surface area contributed by atoms with E-state index < -0.39 is 0 Å². The van der Waals surface area contributed by atoms with Crippen LogP contribution in [0.4, 0.5) is 0 Å². The third kappa shape index (κ3) is 3.18. The molecule has 1 aliphatic carbocycles. The van der Waals surface area contributed by atoms with Crippen LogP contribution in [0.25, 0.3) is 0 Å². The van der Waals surface area contributed by atoms with Gasteiger partial charge >= 0.3 is 0 Å². The average molecular weight is 240 g/mol. The molecule has 0 unspecified atom stereocenters. The minimum absolute atomic E-state index is 0.301. The SMILES string of the molecule is NC(CCN(Cc1cncs1)C1CC1)=NO. The van der Waals surface area contributed by atoms with Crippen LogP contribution >= 0.6 is 11.3 Å². The van der Waals surface area contributed by atoms with Crippen LogP contribution in [0, 0.1) is 0 Å². The zero-order valence-electron chi connectivity index (χ0n) is 9.04. The van der Waals surface area contributed by atoms with Gasteiger partial charge < -0.3 is 10.9 Å². The molecule has 0 aromatic carbocycles. The lowest BCUT2D eigenvalue weighted by atomic mass is 10.3. The van der Waals surface area contributed by atoms with Gasteiger partial charge in [-0.3, -0.25) is 9.88 Å². The highest BCUT2D eigenvalue weighted by molar-refractivity contribution is 7.09. The molecular weight excluding hydrogens is 224 g/mol. The predicted octanol–water partition coefficient (Wildman–Crippen LogP) is 1.24. The molecule has 3 N–H and O–H groups in total. The van der Waals surface area contributed by atoms with E-state index in [1.807, 2.05) is 11.7 Å². The van der Waals surface area contributed by atoms with E-state index in [4.69, 9.17) is 10.9 Å². The summed E-state index contributed by atoms with van der Waals surface area (Å²) in [5.41, 5.74) is 7.33. The van der Waals surface area contributed by atoms with E-state index >= 15 is 0 Å². The third-order valence-electron chi connectivity index (χ3n) is 2.69. The standard InChI is InChI=1S/C10H16N4OS/c11-10(13-15)3-4-14(8-1-2-8)6-9-5-12-7-16-9/h5,7-8,15H,1-4,6H2,(H2,11,13). The molecule has 0 radical (unpaired) electrons. The van der Waals surface area contributed by atoms with E-state index in [1.165, 1.54) is 17.7 Å². The molecule has 1 heterocycles. The second-order valence-electron chi connectivity index (χ2n) is 4.01. The molecule has 0 spiro atoms.